The Morgan fingerprint density at radius 2 is 2.17 bits per heavy atom. The number of nitrogens with one attached hydrogen (secondary N) is 2. The average Bonchev–Trinajstić information content (AvgIpc) is 3.42. The number of likely N-dealkylation sites (tertiary alicyclic amines) is 1. The van der Waals surface area contributed by atoms with E-state index in [1.54, 1.807) is 6.07 Å². The highest BCUT2D eigenvalue weighted by atomic mass is 32.2. The molecule has 1 aliphatic heterocycles. The lowest BCUT2D eigenvalue weighted by atomic mass is 9.98. The molecule has 3 aromatic rings. The topological polar surface area (TPSA) is 76.8 Å². The van der Waals surface area contributed by atoms with Gasteiger partial charge in [-0.15, -0.1) is 0 Å². The van der Waals surface area contributed by atoms with E-state index in [0.717, 1.165) is 41.7 Å². The van der Waals surface area contributed by atoms with Crippen molar-refractivity contribution in [2.45, 2.75) is 43.7 Å². The Labute approximate surface area is 181 Å². The van der Waals surface area contributed by atoms with E-state index in [2.05, 4.69) is 40.9 Å². The van der Waals surface area contributed by atoms with E-state index in [1.807, 2.05) is 34.0 Å². The number of H-pyrrole nitrogens is 1. The van der Waals surface area contributed by atoms with E-state index in [4.69, 9.17) is 0 Å². The Morgan fingerprint density at radius 3 is 2.97 bits per heavy atom. The van der Waals surface area contributed by atoms with E-state index in [1.165, 1.54) is 11.9 Å². The van der Waals surface area contributed by atoms with Crippen molar-refractivity contribution < 1.29 is 4.79 Å². The van der Waals surface area contributed by atoms with Crippen LogP contribution in [0, 0.1) is 17.2 Å². The molecule has 6 nitrogen and oxygen atoms in total. The van der Waals surface area contributed by atoms with Gasteiger partial charge in [-0.1, -0.05) is 6.92 Å². The van der Waals surface area contributed by atoms with Crippen LogP contribution in [0.25, 0.3) is 10.9 Å². The molecule has 1 unspecified atom stereocenters. The van der Waals surface area contributed by atoms with Crippen molar-refractivity contribution in [3.05, 3.63) is 54.5 Å². The number of aromatic amines is 1. The maximum atomic E-state index is 13.3. The van der Waals surface area contributed by atoms with Crippen molar-refractivity contribution in [1.29, 1.82) is 5.26 Å². The molecule has 0 radical (unpaired) electrons. The number of aryl methyl sites for hydroxylation is 1. The molecule has 1 saturated heterocycles. The number of nitrogens with zero attached hydrogens (tertiary/aromatic N) is 3. The minimum absolute atomic E-state index is 0.155. The predicted octanol–water partition coefficient (Wildman–Crippen LogP) is 4.16. The van der Waals surface area contributed by atoms with E-state index in [0.29, 0.717) is 24.6 Å². The van der Waals surface area contributed by atoms with Gasteiger partial charge in [-0.05, 0) is 73.5 Å². The molecule has 1 amide bonds. The van der Waals surface area contributed by atoms with Crippen LogP contribution in [-0.2, 0) is 11.3 Å². The van der Waals surface area contributed by atoms with Gasteiger partial charge in [0, 0.05) is 47.8 Å². The number of benzene rings is 1. The molecular formula is C23H27N5OS. The number of rotatable bonds is 7. The fraction of sp³-hybridized carbons (Fsp3) is 0.391. The van der Waals surface area contributed by atoms with Crippen LogP contribution in [0.15, 0.2) is 53.7 Å². The number of aromatic nitrogens is 2. The summed E-state index contributed by atoms with van der Waals surface area (Å²) in [4.78, 5) is 19.6. The molecule has 1 aromatic carbocycles. The number of piperidine rings is 1. The molecule has 156 valence electrons. The number of carbonyl (C=O) groups is 1. The van der Waals surface area contributed by atoms with Gasteiger partial charge in [-0.25, -0.2) is 4.72 Å². The maximum Gasteiger partial charge on any atom is 0.240 e. The summed E-state index contributed by atoms with van der Waals surface area (Å²) in [5.41, 5.74) is 1.73. The lowest BCUT2D eigenvalue weighted by molar-refractivity contribution is -0.134. The molecule has 1 aliphatic rings. The molecule has 0 spiro atoms. The molecule has 0 bridgehead atoms. The van der Waals surface area contributed by atoms with Crippen LogP contribution in [0.2, 0.25) is 0 Å². The smallest absolute Gasteiger partial charge is 0.240 e. The second kappa shape index (κ2) is 9.41. The highest BCUT2D eigenvalue weighted by Crippen LogP contribution is 2.23. The van der Waals surface area contributed by atoms with Crippen LogP contribution >= 0.6 is 11.9 Å². The van der Waals surface area contributed by atoms with Crippen molar-refractivity contribution >= 4 is 28.8 Å². The third-order valence-electron chi connectivity index (χ3n) is 5.84. The molecule has 2 N–H and O–H groups in total. The lowest BCUT2D eigenvalue weighted by Gasteiger charge is -2.33. The minimum Gasteiger partial charge on any atom is -0.361 e. The van der Waals surface area contributed by atoms with Crippen LogP contribution in [0.4, 0.5) is 0 Å². The fourth-order valence-corrected chi connectivity index (χ4v) is 4.71. The first-order valence-electron chi connectivity index (χ1n) is 10.5. The van der Waals surface area contributed by atoms with Gasteiger partial charge in [0.25, 0.3) is 0 Å². The fourth-order valence-electron chi connectivity index (χ4n) is 3.89. The van der Waals surface area contributed by atoms with Gasteiger partial charge in [0.15, 0.2) is 0 Å². The summed E-state index contributed by atoms with van der Waals surface area (Å²) in [5.74, 6) is 0.837. The summed E-state index contributed by atoms with van der Waals surface area (Å²) >= 11 is 1.50. The molecule has 30 heavy (non-hydrogen) atoms. The first-order valence-corrected chi connectivity index (χ1v) is 11.3. The Hall–Kier alpha value is -2.69. The summed E-state index contributed by atoms with van der Waals surface area (Å²) in [5, 5.41) is 10.4. The second-order valence-electron chi connectivity index (χ2n) is 7.99. The van der Waals surface area contributed by atoms with Crippen molar-refractivity contribution in [1.82, 2.24) is 19.2 Å². The predicted molar refractivity (Wildman–Crippen MR) is 120 cm³/mol. The summed E-state index contributed by atoms with van der Waals surface area (Å²) in [6, 6.07) is 13.9. The molecule has 3 heterocycles. The maximum absolute atomic E-state index is 13.3. The number of hydrogen-bond acceptors (Lipinski definition) is 4. The van der Waals surface area contributed by atoms with Crippen molar-refractivity contribution in [3.8, 4) is 6.07 Å². The van der Waals surface area contributed by atoms with Gasteiger partial charge in [-0.3, -0.25) is 4.79 Å². The van der Waals surface area contributed by atoms with Gasteiger partial charge >= 0.3 is 0 Å². The van der Waals surface area contributed by atoms with Gasteiger partial charge < -0.3 is 14.5 Å². The quantitative estimate of drug-likeness (QED) is 0.562. The van der Waals surface area contributed by atoms with Crippen LogP contribution < -0.4 is 4.72 Å². The van der Waals surface area contributed by atoms with Crippen LogP contribution in [0.5, 0.6) is 0 Å². The van der Waals surface area contributed by atoms with Crippen LogP contribution in [0.3, 0.4) is 0 Å². The lowest BCUT2D eigenvalue weighted by Crippen LogP contribution is -2.47. The average molecular weight is 422 g/mol. The highest BCUT2D eigenvalue weighted by molar-refractivity contribution is 7.97. The summed E-state index contributed by atoms with van der Waals surface area (Å²) in [6.45, 7) is 4.53. The number of hydrogen-bond donors (Lipinski definition) is 2. The third-order valence-corrected chi connectivity index (χ3v) is 6.73. The second-order valence-corrected chi connectivity index (χ2v) is 8.91. The Kier molecular flexibility index (Phi) is 6.46. The van der Waals surface area contributed by atoms with Crippen LogP contribution in [0.1, 0.15) is 31.9 Å². The molecule has 4 rings (SSSR count). The number of nitriles is 1. The van der Waals surface area contributed by atoms with Gasteiger partial charge in [0.2, 0.25) is 5.91 Å². The molecular weight excluding hydrogens is 394 g/mol. The van der Waals surface area contributed by atoms with Gasteiger partial charge in [0.05, 0.1) is 6.04 Å². The summed E-state index contributed by atoms with van der Waals surface area (Å²) in [7, 11) is 0. The zero-order chi connectivity index (χ0) is 20.9. The standard InChI is InChI=1S/C23H27N5OS/c1-17-7-12-28(13-8-17)23(29)22(9-14-27-11-2-3-19(27)16-24)26-30-20-4-5-21-18(15-20)6-10-25-21/h2-6,10-11,15,17,22,25-26H,7-9,12-14H2,1H3. The first kappa shape index (κ1) is 20.6. The number of carbonyl (C=O) groups excluding carboxylic acids is 1. The van der Waals surface area contributed by atoms with E-state index in [9.17, 15) is 10.1 Å². The van der Waals surface area contributed by atoms with Crippen molar-refractivity contribution in [2.24, 2.45) is 5.92 Å². The van der Waals surface area contributed by atoms with Gasteiger partial charge in [0.1, 0.15) is 11.8 Å². The third kappa shape index (κ3) is 4.72. The Balaban J connectivity index is 1.45. The molecule has 1 atom stereocenters. The Bertz CT molecular complexity index is 1040. The highest BCUT2D eigenvalue weighted by Gasteiger charge is 2.27. The summed E-state index contributed by atoms with van der Waals surface area (Å²) < 4.78 is 5.33. The molecule has 1 fully saturated rings. The monoisotopic (exact) mass is 421 g/mol. The molecule has 0 saturated carbocycles. The zero-order valence-corrected chi connectivity index (χ0v) is 18.0. The molecule has 2 aromatic heterocycles. The molecule has 0 aliphatic carbocycles. The largest absolute Gasteiger partial charge is 0.361 e. The Morgan fingerprint density at radius 1 is 1.33 bits per heavy atom. The number of amides is 1. The van der Waals surface area contributed by atoms with Gasteiger partial charge in [-0.2, -0.15) is 5.26 Å². The van der Waals surface area contributed by atoms with E-state index >= 15 is 0 Å². The minimum atomic E-state index is -0.306. The van der Waals surface area contributed by atoms with E-state index < -0.39 is 0 Å². The SMILES string of the molecule is CC1CCN(C(=O)C(CCn2cccc2C#N)NSc2ccc3[nH]ccc3c2)CC1. The molecule has 7 heteroatoms. The van der Waals surface area contributed by atoms with E-state index in [-0.39, 0.29) is 11.9 Å². The van der Waals surface area contributed by atoms with Crippen molar-refractivity contribution in [3.63, 3.8) is 0 Å². The van der Waals surface area contributed by atoms with Crippen molar-refractivity contribution in [2.75, 3.05) is 13.1 Å². The van der Waals surface area contributed by atoms with Crippen LogP contribution in [-0.4, -0.2) is 39.5 Å². The zero-order valence-electron chi connectivity index (χ0n) is 17.2. The number of fused-ring (bicyclic) bond motifs is 1. The summed E-state index contributed by atoms with van der Waals surface area (Å²) in [6.07, 6.45) is 6.58. The first-order chi connectivity index (χ1) is 14.6. The normalized spacial score (nSPS) is 15.9.